The van der Waals surface area contributed by atoms with E-state index >= 15 is 0 Å². The smallest absolute Gasteiger partial charge is 0.0457 e. The minimum Gasteiger partial charge on any atom is -0.261 e. The van der Waals surface area contributed by atoms with Crippen molar-refractivity contribution < 1.29 is 0 Å². The van der Waals surface area contributed by atoms with Crippen molar-refractivity contribution in [2.45, 2.75) is 26.7 Å². The van der Waals surface area contributed by atoms with E-state index in [-0.39, 0.29) is 0 Å². The highest BCUT2D eigenvalue weighted by atomic mass is 14.7. The Balaban J connectivity index is 2.04. The molecule has 1 heterocycles. The summed E-state index contributed by atoms with van der Waals surface area (Å²) < 4.78 is 0. The zero-order valence-electron chi connectivity index (χ0n) is 14.2. The summed E-state index contributed by atoms with van der Waals surface area (Å²) in [7, 11) is 0. The van der Waals surface area contributed by atoms with Crippen LogP contribution < -0.4 is 0 Å². The SMILES string of the molecule is Cc1ccccc1-c1cc(C2=CCCC=C2)cc2ccnc(C)c12. The van der Waals surface area contributed by atoms with E-state index in [2.05, 4.69) is 79.5 Å². The molecular weight excluding hydrogens is 290 g/mol. The van der Waals surface area contributed by atoms with Crippen molar-refractivity contribution in [3.05, 3.63) is 83.7 Å². The molecule has 0 saturated carbocycles. The van der Waals surface area contributed by atoms with Crippen LogP contribution in [0.1, 0.15) is 29.7 Å². The van der Waals surface area contributed by atoms with Crippen molar-refractivity contribution in [1.29, 1.82) is 0 Å². The quantitative estimate of drug-likeness (QED) is 0.545. The van der Waals surface area contributed by atoms with Crippen molar-refractivity contribution in [2.24, 2.45) is 0 Å². The fourth-order valence-electron chi connectivity index (χ4n) is 3.58. The summed E-state index contributed by atoms with van der Waals surface area (Å²) in [4.78, 5) is 4.54. The number of rotatable bonds is 2. The second-order valence-corrected chi connectivity index (χ2v) is 6.47. The summed E-state index contributed by atoms with van der Waals surface area (Å²) in [6, 6.07) is 15.4. The Morgan fingerprint density at radius 3 is 2.58 bits per heavy atom. The molecule has 0 saturated heterocycles. The van der Waals surface area contributed by atoms with Gasteiger partial charge in [0.1, 0.15) is 0 Å². The fourth-order valence-corrected chi connectivity index (χ4v) is 3.58. The number of aryl methyl sites for hydroxylation is 2. The largest absolute Gasteiger partial charge is 0.261 e. The highest BCUT2D eigenvalue weighted by Gasteiger charge is 2.12. The molecule has 0 amide bonds. The van der Waals surface area contributed by atoms with Gasteiger partial charge in [-0.2, -0.15) is 0 Å². The molecule has 0 radical (unpaired) electrons. The Morgan fingerprint density at radius 1 is 0.917 bits per heavy atom. The summed E-state index contributed by atoms with van der Waals surface area (Å²) in [5.74, 6) is 0. The third-order valence-corrected chi connectivity index (χ3v) is 4.82. The summed E-state index contributed by atoms with van der Waals surface area (Å²) >= 11 is 0. The molecule has 2 aromatic carbocycles. The van der Waals surface area contributed by atoms with Gasteiger partial charge >= 0.3 is 0 Å². The van der Waals surface area contributed by atoms with Crippen molar-refractivity contribution >= 4 is 16.3 Å². The summed E-state index contributed by atoms with van der Waals surface area (Å²) in [6.45, 7) is 4.28. The van der Waals surface area contributed by atoms with Gasteiger partial charge in [0.15, 0.2) is 0 Å². The maximum absolute atomic E-state index is 4.54. The Hall–Kier alpha value is -2.67. The first-order valence-electron chi connectivity index (χ1n) is 8.56. The minimum absolute atomic E-state index is 1.09. The molecule has 3 aromatic rings. The molecule has 0 atom stereocenters. The maximum atomic E-state index is 4.54. The molecule has 0 N–H and O–H groups in total. The van der Waals surface area contributed by atoms with E-state index in [9.17, 15) is 0 Å². The van der Waals surface area contributed by atoms with Crippen molar-refractivity contribution in [2.75, 3.05) is 0 Å². The van der Waals surface area contributed by atoms with Crippen molar-refractivity contribution in [1.82, 2.24) is 4.98 Å². The second kappa shape index (κ2) is 6.09. The third kappa shape index (κ3) is 2.56. The van der Waals surface area contributed by atoms with Gasteiger partial charge in [-0.1, -0.05) is 42.5 Å². The average molecular weight is 311 g/mol. The van der Waals surface area contributed by atoms with Gasteiger partial charge in [-0.25, -0.2) is 0 Å². The first-order chi connectivity index (χ1) is 11.7. The lowest BCUT2D eigenvalue weighted by Gasteiger charge is -2.15. The minimum atomic E-state index is 1.09. The fraction of sp³-hybridized carbons (Fsp3) is 0.174. The van der Waals surface area contributed by atoms with E-state index in [0.29, 0.717) is 0 Å². The van der Waals surface area contributed by atoms with Gasteiger partial charge in [0.05, 0.1) is 0 Å². The van der Waals surface area contributed by atoms with E-state index in [1.165, 1.54) is 38.6 Å². The number of hydrogen-bond donors (Lipinski definition) is 0. The number of hydrogen-bond acceptors (Lipinski definition) is 1. The second-order valence-electron chi connectivity index (χ2n) is 6.47. The topological polar surface area (TPSA) is 12.9 Å². The summed E-state index contributed by atoms with van der Waals surface area (Å²) in [5, 5.41) is 2.52. The van der Waals surface area contributed by atoms with Gasteiger partial charge in [0, 0.05) is 17.3 Å². The van der Waals surface area contributed by atoms with Crippen LogP contribution in [0, 0.1) is 13.8 Å². The predicted molar refractivity (Wildman–Crippen MR) is 103 cm³/mol. The van der Waals surface area contributed by atoms with Crippen LogP contribution in [0.5, 0.6) is 0 Å². The zero-order chi connectivity index (χ0) is 16.5. The Bertz CT molecular complexity index is 976. The number of nitrogens with zero attached hydrogens (tertiary/aromatic N) is 1. The molecule has 4 rings (SSSR count). The molecular formula is C23H21N. The van der Waals surface area contributed by atoms with Crippen LogP contribution >= 0.6 is 0 Å². The van der Waals surface area contributed by atoms with Gasteiger partial charge in [-0.15, -0.1) is 0 Å². The van der Waals surface area contributed by atoms with Crippen LogP contribution in [0.2, 0.25) is 0 Å². The molecule has 24 heavy (non-hydrogen) atoms. The molecule has 0 fully saturated rings. The highest BCUT2D eigenvalue weighted by molar-refractivity contribution is 6.01. The lowest BCUT2D eigenvalue weighted by molar-refractivity contribution is 1.04. The van der Waals surface area contributed by atoms with Crippen LogP contribution in [-0.2, 0) is 0 Å². The van der Waals surface area contributed by atoms with Crippen LogP contribution in [0.25, 0.3) is 27.5 Å². The molecule has 1 aliphatic rings. The first kappa shape index (κ1) is 14.9. The standard InChI is InChI=1S/C23H21N/c1-16-8-6-7-11-21(16)22-15-20(18-9-4-3-5-10-18)14-19-12-13-24-17(2)23(19)22/h4,6-15H,3,5H2,1-2H3. The summed E-state index contributed by atoms with van der Waals surface area (Å²) in [6.07, 6.45) is 11.0. The molecule has 1 heteroatoms. The lowest BCUT2D eigenvalue weighted by Crippen LogP contribution is -1.94. The monoisotopic (exact) mass is 311 g/mol. The first-order valence-corrected chi connectivity index (χ1v) is 8.56. The van der Waals surface area contributed by atoms with Crippen LogP contribution in [0.15, 0.2) is 66.9 Å². The maximum Gasteiger partial charge on any atom is 0.0457 e. The molecule has 0 bridgehead atoms. The molecule has 1 nitrogen and oxygen atoms in total. The van der Waals surface area contributed by atoms with Crippen LogP contribution in [0.4, 0.5) is 0 Å². The van der Waals surface area contributed by atoms with Crippen molar-refractivity contribution in [3.8, 4) is 11.1 Å². The molecule has 0 aliphatic heterocycles. The van der Waals surface area contributed by atoms with Gasteiger partial charge < -0.3 is 0 Å². The number of pyridine rings is 1. The van der Waals surface area contributed by atoms with Gasteiger partial charge in [0.25, 0.3) is 0 Å². The van der Waals surface area contributed by atoms with E-state index in [1.807, 2.05) is 6.20 Å². The Morgan fingerprint density at radius 2 is 1.79 bits per heavy atom. The van der Waals surface area contributed by atoms with Gasteiger partial charge in [0.2, 0.25) is 0 Å². The predicted octanol–water partition coefficient (Wildman–Crippen LogP) is 6.25. The molecule has 0 unspecified atom stereocenters. The lowest BCUT2D eigenvalue weighted by atomic mass is 9.89. The molecule has 1 aliphatic carbocycles. The zero-order valence-corrected chi connectivity index (χ0v) is 14.2. The van der Waals surface area contributed by atoms with Crippen LogP contribution in [-0.4, -0.2) is 4.98 Å². The van der Waals surface area contributed by atoms with E-state index in [0.717, 1.165) is 18.5 Å². The molecule has 0 spiro atoms. The summed E-state index contributed by atoms with van der Waals surface area (Å²) in [5.41, 5.74) is 7.58. The Labute approximate surface area is 143 Å². The normalized spacial score (nSPS) is 14.0. The van der Waals surface area contributed by atoms with E-state index in [4.69, 9.17) is 0 Å². The van der Waals surface area contributed by atoms with E-state index in [1.54, 1.807) is 0 Å². The highest BCUT2D eigenvalue weighted by Crippen LogP contribution is 2.36. The van der Waals surface area contributed by atoms with Crippen LogP contribution in [0.3, 0.4) is 0 Å². The number of aromatic nitrogens is 1. The average Bonchev–Trinajstić information content (AvgIpc) is 2.62. The Kier molecular flexibility index (Phi) is 3.78. The molecule has 1 aromatic heterocycles. The number of benzene rings is 2. The molecule has 118 valence electrons. The number of allylic oxidation sites excluding steroid dienone is 4. The van der Waals surface area contributed by atoms with E-state index < -0.39 is 0 Å². The third-order valence-electron chi connectivity index (χ3n) is 4.82. The van der Waals surface area contributed by atoms with Gasteiger partial charge in [-0.05, 0) is 78.1 Å². The van der Waals surface area contributed by atoms with Crippen molar-refractivity contribution in [3.63, 3.8) is 0 Å². The number of fused-ring (bicyclic) bond motifs is 1. The van der Waals surface area contributed by atoms with Gasteiger partial charge in [-0.3, -0.25) is 4.98 Å².